The molecule has 98 valence electrons. The van der Waals surface area contributed by atoms with Crippen LogP contribution in [0.2, 0.25) is 0 Å². The Morgan fingerprint density at radius 1 is 1.33 bits per heavy atom. The third-order valence-corrected chi connectivity index (χ3v) is 3.04. The van der Waals surface area contributed by atoms with Gasteiger partial charge in [0.2, 0.25) is 0 Å². The standard InChI is InChI=1S/C14H20N2O2/c1-2-18-13(12-6-4-3-5-7-12)14(15)16-8-10-17-11-9-16/h3-7,13,15H,2,8-11H2,1H3. The van der Waals surface area contributed by atoms with Crippen LogP contribution >= 0.6 is 0 Å². The third-order valence-electron chi connectivity index (χ3n) is 3.04. The van der Waals surface area contributed by atoms with Crippen molar-refractivity contribution >= 4 is 5.84 Å². The molecule has 0 spiro atoms. The highest BCUT2D eigenvalue weighted by Crippen LogP contribution is 2.20. The van der Waals surface area contributed by atoms with Crippen LogP contribution in [0, 0.1) is 5.41 Å². The molecule has 1 aromatic rings. The van der Waals surface area contributed by atoms with Crippen LogP contribution in [0.15, 0.2) is 30.3 Å². The largest absolute Gasteiger partial charge is 0.378 e. The lowest BCUT2D eigenvalue weighted by atomic mass is 10.1. The highest BCUT2D eigenvalue weighted by molar-refractivity contribution is 5.85. The minimum atomic E-state index is -0.269. The fourth-order valence-corrected chi connectivity index (χ4v) is 2.10. The minimum absolute atomic E-state index is 0.269. The minimum Gasteiger partial charge on any atom is -0.378 e. The van der Waals surface area contributed by atoms with E-state index in [1.165, 1.54) is 0 Å². The van der Waals surface area contributed by atoms with Crippen LogP contribution in [0.5, 0.6) is 0 Å². The molecule has 1 heterocycles. The maximum absolute atomic E-state index is 8.33. The molecule has 0 aliphatic carbocycles. The number of nitrogens with one attached hydrogen (secondary N) is 1. The van der Waals surface area contributed by atoms with E-state index in [4.69, 9.17) is 14.9 Å². The topological polar surface area (TPSA) is 45.5 Å². The molecule has 0 bridgehead atoms. The molecule has 18 heavy (non-hydrogen) atoms. The number of hydrogen-bond acceptors (Lipinski definition) is 3. The average Bonchev–Trinajstić information content (AvgIpc) is 2.46. The van der Waals surface area contributed by atoms with Gasteiger partial charge in [0.05, 0.1) is 13.2 Å². The molecule has 1 aliphatic rings. The quantitative estimate of drug-likeness (QED) is 0.655. The Morgan fingerprint density at radius 3 is 2.61 bits per heavy atom. The summed E-state index contributed by atoms with van der Waals surface area (Å²) in [6, 6.07) is 9.96. The van der Waals surface area contributed by atoms with Crippen molar-refractivity contribution in [2.75, 3.05) is 32.9 Å². The molecule has 2 rings (SSSR count). The molecule has 1 unspecified atom stereocenters. The van der Waals surface area contributed by atoms with Gasteiger partial charge in [0.1, 0.15) is 11.9 Å². The van der Waals surface area contributed by atoms with Gasteiger partial charge in [0.25, 0.3) is 0 Å². The molecule has 1 atom stereocenters. The zero-order chi connectivity index (χ0) is 12.8. The maximum atomic E-state index is 8.33. The lowest BCUT2D eigenvalue weighted by Crippen LogP contribution is -2.43. The van der Waals surface area contributed by atoms with Crippen LogP contribution < -0.4 is 0 Å². The van der Waals surface area contributed by atoms with E-state index in [1.807, 2.05) is 42.2 Å². The molecule has 4 nitrogen and oxygen atoms in total. The van der Waals surface area contributed by atoms with Crippen LogP contribution in [0.3, 0.4) is 0 Å². The summed E-state index contributed by atoms with van der Waals surface area (Å²) in [5.41, 5.74) is 1.04. The Labute approximate surface area is 108 Å². The Morgan fingerprint density at radius 2 is 2.00 bits per heavy atom. The van der Waals surface area contributed by atoms with Crippen LogP contribution in [-0.2, 0) is 9.47 Å². The van der Waals surface area contributed by atoms with E-state index in [0.29, 0.717) is 25.7 Å². The van der Waals surface area contributed by atoms with Crippen molar-refractivity contribution in [3.63, 3.8) is 0 Å². The zero-order valence-corrected chi connectivity index (χ0v) is 10.8. The van der Waals surface area contributed by atoms with Gasteiger partial charge in [0.15, 0.2) is 0 Å². The SMILES string of the molecule is CCOC(C(=N)N1CCOCC1)c1ccccc1. The number of morpholine rings is 1. The maximum Gasteiger partial charge on any atom is 0.139 e. The summed E-state index contributed by atoms with van der Waals surface area (Å²) in [5, 5.41) is 8.33. The average molecular weight is 248 g/mol. The van der Waals surface area contributed by atoms with E-state index < -0.39 is 0 Å². The summed E-state index contributed by atoms with van der Waals surface area (Å²) in [5.74, 6) is 0.534. The predicted octanol–water partition coefficient (Wildman–Crippen LogP) is 2.07. The number of benzene rings is 1. The highest BCUT2D eigenvalue weighted by Gasteiger charge is 2.23. The van der Waals surface area contributed by atoms with Crippen LogP contribution in [-0.4, -0.2) is 43.6 Å². The summed E-state index contributed by atoms with van der Waals surface area (Å²) in [4.78, 5) is 2.04. The van der Waals surface area contributed by atoms with Crippen LogP contribution in [0.25, 0.3) is 0 Å². The number of nitrogens with zero attached hydrogens (tertiary/aromatic N) is 1. The van der Waals surface area contributed by atoms with Crippen molar-refractivity contribution in [1.82, 2.24) is 4.90 Å². The van der Waals surface area contributed by atoms with Crippen LogP contribution in [0.1, 0.15) is 18.6 Å². The van der Waals surface area contributed by atoms with Gasteiger partial charge in [-0.3, -0.25) is 5.41 Å². The van der Waals surface area contributed by atoms with Gasteiger partial charge in [-0.2, -0.15) is 0 Å². The van der Waals surface area contributed by atoms with Crippen molar-refractivity contribution in [2.24, 2.45) is 0 Å². The van der Waals surface area contributed by atoms with E-state index in [1.54, 1.807) is 0 Å². The van der Waals surface area contributed by atoms with Crippen molar-refractivity contribution in [2.45, 2.75) is 13.0 Å². The number of amidine groups is 1. The lowest BCUT2D eigenvalue weighted by molar-refractivity contribution is 0.0517. The Kier molecular flexibility index (Phi) is 4.73. The molecule has 1 aromatic carbocycles. The van der Waals surface area contributed by atoms with Gasteiger partial charge in [-0.1, -0.05) is 30.3 Å². The monoisotopic (exact) mass is 248 g/mol. The molecular weight excluding hydrogens is 228 g/mol. The predicted molar refractivity (Wildman–Crippen MR) is 70.9 cm³/mol. The van der Waals surface area contributed by atoms with Gasteiger partial charge in [-0.25, -0.2) is 0 Å². The van der Waals surface area contributed by atoms with E-state index in [2.05, 4.69) is 0 Å². The summed E-state index contributed by atoms with van der Waals surface area (Å²) in [6.07, 6.45) is -0.269. The highest BCUT2D eigenvalue weighted by atomic mass is 16.5. The Balaban J connectivity index is 2.11. The molecule has 0 radical (unpaired) electrons. The van der Waals surface area contributed by atoms with Crippen LogP contribution in [0.4, 0.5) is 0 Å². The van der Waals surface area contributed by atoms with Crippen molar-refractivity contribution in [3.8, 4) is 0 Å². The second-order valence-corrected chi connectivity index (χ2v) is 4.23. The molecule has 1 N–H and O–H groups in total. The Hall–Kier alpha value is -1.39. The Bertz CT molecular complexity index is 375. The van der Waals surface area contributed by atoms with Crippen molar-refractivity contribution in [1.29, 1.82) is 5.41 Å². The van der Waals surface area contributed by atoms with Gasteiger partial charge in [-0.05, 0) is 12.5 Å². The number of ether oxygens (including phenoxy) is 2. The fourth-order valence-electron chi connectivity index (χ4n) is 2.10. The molecule has 1 saturated heterocycles. The second kappa shape index (κ2) is 6.52. The lowest BCUT2D eigenvalue weighted by Gasteiger charge is -2.32. The van der Waals surface area contributed by atoms with E-state index in [0.717, 1.165) is 18.7 Å². The summed E-state index contributed by atoms with van der Waals surface area (Å²) >= 11 is 0. The first-order valence-electron chi connectivity index (χ1n) is 6.40. The van der Waals surface area contributed by atoms with Crippen molar-refractivity contribution in [3.05, 3.63) is 35.9 Å². The number of rotatable bonds is 4. The van der Waals surface area contributed by atoms with Gasteiger partial charge >= 0.3 is 0 Å². The van der Waals surface area contributed by atoms with Gasteiger partial charge in [0, 0.05) is 19.7 Å². The van der Waals surface area contributed by atoms with Gasteiger partial charge < -0.3 is 14.4 Å². The van der Waals surface area contributed by atoms with Crippen molar-refractivity contribution < 1.29 is 9.47 Å². The normalized spacial score (nSPS) is 17.5. The van der Waals surface area contributed by atoms with E-state index in [9.17, 15) is 0 Å². The molecule has 0 saturated carbocycles. The molecule has 1 fully saturated rings. The summed E-state index contributed by atoms with van der Waals surface area (Å²) in [7, 11) is 0. The smallest absolute Gasteiger partial charge is 0.139 e. The first-order valence-corrected chi connectivity index (χ1v) is 6.40. The first-order chi connectivity index (χ1) is 8.83. The zero-order valence-electron chi connectivity index (χ0n) is 10.8. The molecular formula is C14H20N2O2. The molecule has 0 amide bonds. The first kappa shape index (κ1) is 13.1. The molecule has 4 heteroatoms. The fraction of sp³-hybridized carbons (Fsp3) is 0.500. The second-order valence-electron chi connectivity index (χ2n) is 4.23. The summed E-state index contributed by atoms with van der Waals surface area (Å²) in [6.45, 7) is 5.49. The van der Waals surface area contributed by atoms with Gasteiger partial charge in [-0.15, -0.1) is 0 Å². The third kappa shape index (κ3) is 3.09. The number of hydrogen-bond donors (Lipinski definition) is 1. The molecule has 1 aliphatic heterocycles. The van der Waals surface area contributed by atoms with E-state index >= 15 is 0 Å². The van der Waals surface area contributed by atoms with E-state index in [-0.39, 0.29) is 6.10 Å². The molecule has 0 aromatic heterocycles. The summed E-state index contributed by atoms with van der Waals surface area (Å²) < 4.78 is 11.1.